The topological polar surface area (TPSA) is 73.3 Å². The Morgan fingerprint density at radius 2 is 1.71 bits per heavy atom. The summed E-state index contributed by atoms with van der Waals surface area (Å²) in [6.45, 7) is 2.32. The van der Waals surface area contributed by atoms with Crippen molar-refractivity contribution in [2.75, 3.05) is 19.6 Å². The van der Waals surface area contributed by atoms with Crippen LogP contribution in [0.1, 0.15) is 17.9 Å². The number of nitrogens with zero attached hydrogens (tertiary/aromatic N) is 3. The minimum atomic E-state index is -0.0857. The first-order valence-corrected chi connectivity index (χ1v) is 9.77. The van der Waals surface area contributed by atoms with Crippen molar-refractivity contribution in [3.05, 3.63) is 70.6 Å². The number of hydrogen-bond donors (Lipinski definition) is 1. The number of fused-ring (bicyclic) bond motifs is 1. The molecule has 0 aliphatic carbocycles. The second-order valence-electron chi connectivity index (χ2n) is 7.54. The average Bonchev–Trinajstić information content (AvgIpc) is 3.27. The largest absolute Gasteiger partial charge is 0.342 e. The molecule has 1 fully saturated rings. The number of aryl methyl sites for hydroxylation is 2. The lowest BCUT2D eigenvalue weighted by molar-refractivity contribution is -0.130. The quantitative estimate of drug-likeness (QED) is 0.737. The van der Waals surface area contributed by atoms with Gasteiger partial charge in [0.15, 0.2) is 0 Å². The number of benzene rings is 2. The number of imidazole rings is 1. The molecule has 4 rings (SSSR count). The van der Waals surface area contributed by atoms with E-state index in [-0.39, 0.29) is 23.4 Å². The molecule has 0 bridgehead atoms. The lowest BCUT2D eigenvalue weighted by Gasteiger charge is -2.17. The zero-order chi connectivity index (χ0) is 19.7. The van der Waals surface area contributed by atoms with Crippen LogP contribution in [-0.4, -0.2) is 39.6 Å². The molecular formula is C22H26N4O2. The van der Waals surface area contributed by atoms with Crippen LogP contribution in [0.3, 0.4) is 0 Å². The molecule has 1 amide bonds. The highest BCUT2D eigenvalue weighted by molar-refractivity contribution is 5.78. The molecule has 1 saturated heterocycles. The number of likely N-dealkylation sites (tertiary alicyclic amines) is 1. The van der Waals surface area contributed by atoms with E-state index in [2.05, 4.69) is 12.1 Å². The molecule has 6 nitrogen and oxygen atoms in total. The van der Waals surface area contributed by atoms with Crippen molar-refractivity contribution in [2.24, 2.45) is 18.7 Å². The Bertz CT molecular complexity index is 1040. The Kier molecular flexibility index (Phi) is 5.05. The molecule has 146 valence electrons. The summed E-state index contributed by atoms with van der Waals surface area (Å²) in [4.78, 5) is 27.3. The maximum absolute atomic E-state index is 12.9. The first-order chi connectivity index (χ1) is 13.6. The van der Waals surface area contributed by atoms with E-state index >= 15 is 0 Å². The van der Waals surface area contributed by atoms with Crippen LogP contribution in [0.4, 0.5) is 0 Å². The van der Waals surface area contributed by atoms with E-state index in [1.165, 1.54) is 5.56 Å². The summed E-state index contributed by atoms with van der Waals surface area (Å²) in [5.41, 5.74) is 8.89. The number of aromatic nitrogens is 2. The Hall–Kier alpha value is -2.86. The zero-order valence-corrected chi connectivity index (χ0v) is 16.1. The van der Waals surface area contributed by atoms with Crippen molar-refractivity contribution < 1.29 is 4.79 Å². The highest BCUT2D eigenvalue weighted by Crippen LogP contribution is 2.32. The fourth-order valence-corrected chi connectivity index (χ4v) is 4.34. The highest BCUT2D eigenvalue weighted by atomic mass is 16.2. The summed E-state index contributed by atoms with van der Waals surface area (Å²) < 4.78 is 3.32. The molecule has 0 saturated carbocycles. The van der Waals surface area contributed by atoms with Crippen LogP contribution in [0, 0.1) is 5.92 Å². The minimum absolute atomic E-state index is 0.0803. The number of amides is 1. The fraction of sp³-hybridized carbons (Fsp3) is 0.364. The maximum Gasteiger partial charge on any atom is 0.328 e. The van der Waals surface area contributed by atoms with Gasteiger partial charge in [0.05, 0.1) is 11.0 Å². The van der Waals surface area contributed by atoms with Crippen LogP contribution in [0.5, 0.6) is 0 Å². The number of carbonyl (C=O) groups is 1. The first-order valence-electron chi connectivity index (χ1n) is 9.77. The van der Waals surface area contributed by atoms with Gasteiger partial charge in [-0.25, -0.2) is 4.79 Å². The third kappa shape index (κ3) is 3.24. The summed E-state index contributed by atoms with van der Waals surface area (Å²) in [6.07, 6.45) is 0.312. The first kappa shape index (κ1) is 18.5. The van der Waals surface area contributed by atoms with Crippen LogP contribution >= 0.6 is 0 Å². The molecule has 0 unspecified atom stereocenters. The molecule has 1 aliphatic rings. The lowest BCUT2D eigenvalue weighted by atomic mass is 9.89. The van der Waals surface area contributed by atoms with Crippen molar-refractivity contribution in [3.63, 3.8) is 0 Å². The van der Waals surface area contributed by atoms with Gasteiger partial charge in [0.2, 0.25) is 5.91 Å². The van der Waals surface area contributed by atoms with E-state index in [1.807, 2.05) is 47.4 Å². The molecule has 28 heavy (non-hydrogen) atoms. The van der Waals surface area contributed by atoms with Crippen LogP contribution in [0.15, 0.2) is 59.4 Å². The van der Waals surface area contributed by atoms with E-state index < -0.39 is 0 Å². The third-order valence-electron chi connectivity index (χ3n) is 5.93. The molecule has 2 heterocycles. The summed E-state index contributed by atoms with van der Waals surface area (Å²) >= 11 is 0. The smallest absolute Gasteiger partial charge is 0.328 e. The molecular weight excluding hydrogens is 352 g/mol. The van der Waals surface area contributed by atoms with Gasteiger partial charge in [0, 0.05) is 39.0 Å². The van der Waals surface area contributed by atoms with E-state index in [0.29, 0.717) is 32.6 Å². The minimum Gasteiger partial charge on any atom is -0.342 e. The van der Waals surface area contributed by atoms with Crippen molar-refractivity contribution >= 4 is 16.9 Å². The Balaban J connectivity index is 1.48. The van der Waals surface area contributed by atoms with Crippen LogP contribution in [0.25, 0.3) is 11.0 Å². The Labute approximate surface area is 164 Å². The zero-order valence-electron chi connectivity index (χ0n) is 16.1. The number of rotatable bonds is 5. The second kappa shape index (κ2) is 7.64. The average molecular weight is 378 g/mol. The van der Waals surface area contributed by atoms with Crippen molar-refractivity contribution in [1.82, 2.24) is 14.0 Å². The van der Waals surface area contributed by atoms with Gasteiger partial charge in [0.25, 0.3) is 0 Å². The van der Waals surface area contributed by atoms with E-state index in [1.54, 1.807) is 16.2 Å². The number of nitrogens with two attached hydrogens (primary N) is 1. The Morgan fingerprint density at radius 3 is 2.43 bits per heavy atom. The fourth-order valence-electron chi connectivity index (χ4n) is 4.34. The lowest BCUT2D eigenvalue weighted by Crippen LogP contribution is -2.32. The molecule has 1 aliphatic heterocycles. The molecule has 2 N–H and O–H groups in total. The van der Waals surface area contributed by atoms with Gasteiger partial charge < -0.3 is 10.6 Å². The molecule has 6 heteroatoms. The molecule has 2 atom stereocenters. The maximum atomic E-state index is 12.9. The summed E-state index contributed by atoms with van der Waals surface area (Å²) in [7, 11) is 1.76. The normalized spacial score (nSPS) is 19.4. The predicted octanol–water partition coefficient (Wildman–Crippen LogP) is 1.93. The van der Waals surface area contributed by atoms with E-state index in [0.717, 1.165) is 11.0 Å². The monoisotopic (exact) mass is 378 g/mol. The molecule has 1 aromatic heterocycles. The van der Waals surface area contributed by atoms with Crippen molar-refractivity contribution in [1.29, 1.82) is 0 Å². The highest BCUT2D eigenvalue weighted by Gasteiger charge is 2.35. The summed E-state index contributed by atoms with van der Waals surface area (Å²) in [5, 5.41) is 0. The van der Waals surface area contributed by atoms with Crippen molar-refractivity contribution in [2.45, 2.75) is 18.9 Å². The van der Waals surface area contributed by atoms with Crippen LogP contribution in [0.2, 0.25) is 0 Å². The van der Waals surface area contributed by atoms with E-state index in [4.69, 9.17) is 5.73 Å². The molecule has 2 aromatic carbocycles. The number of carbonyl (C=O) groups excluding carboxylic acids is 1. The molecule has 0 spiro atoms. The summed E-state index contributed by atoms with van der Waals surface area (Å²) in [5.74, 6) is 0.624. The predicted molar refractivity (Wildman–Crippen MR) is 110 cm³/mol. The van der Waals surface area contributed by atoms with Gasteiger partial charge in [-0.3, -0.25) is 13.9 Å². The third-order valence-corrected chi connectivity index (χ3v) is 5.93. The summed E-state index contributed by atoms with van der Waals surface area (Å²) in [6, 6.07) is 17.9. The van der Waals surface area contributed by atoms with E-state index in [9.17, 15) is 9.59 Å². The van der Waals surface area contributed by atoms with Gasteiger partial charge in [-0.2, -0.15) is 0 Å². The van der Waals surface area contributed by atoms with Gasteiger partial charge in [-0.15, -0.1) is 0 Å². The van der Waals surface area contributed by atoms with Crippen molar-refractivity contribution in [3.8, 4) is 0 Å². The standard InChI is InChI=1S/C22H26N4O2/c1-24-19-9-5-6-10-20(19)26(22(24)28)12-11-21(27)25-14-17(13-23)18(15-25)16-7-3-2-4-8-16/h2-10,17-18H,11-15,23H2,1H3/t17-,18+/m1/s1. The number of para-hydroxylation sites is 2. The van der Waals surface area contributed by atoms with Gasteiger partial charge >= 0.3 is 5.69 Å². The van der Waals surface area contributed by atoms with Crippen LogP contribution in [-0.2, 0) is 18.4 Å². The second-order valence-corrected chi connectivity index (χ2v) is 7.54. The molecule has 0 radical (unpaired) electrons. The van der Waals surface area contributed by atoms with Gasteiger partial charge in [-0.05, 0) is 30.2 Å². The van der Waals surface area contributed by atoms with Crippen LogP contribution < -0.4 is 11.4 Å². The molecule has 3 aromatic rings. The Morgan fingerprint density at radius 1 is 1.04 bits per heavy atom. The number of hydrogen-bond acceptors (Lipinski definition) is 3. The van der Waals surface area contributed by atoms with Gasteiger partial charge in [-0.1, -0.05) is 42.5 Å². The SMILES string of the molecule is Cn1c(=O)n(CCC(=O)N2C[C@@H](CN)[C@H](c3ccccc3)C2)c2ccccc21. The van der Waals surface area contributed by atoms with Gasteiger partial charge in [0.1, 0.15) is 0 Å².